The van der Waals surface area contributed by atoms with Crippen molar-refractivity contribution in [2.45, 2.75) is 81.6 Å². The Labute approximate surface area is 263 Å². The first-order chi connectivity index (χ1) is 21.4. The third kappa shape index (κ3) is 7.25. The number of carbonyl (C=O) groups is 1. The summed E-state index contributed by atoms with van der Waals surface area (Å²) in [5.41, 5.74) is 1.60. The van der Waals surface area contributed by atoms with E-state index in [-0.39, 0.29) is 36.2 Å². The first-order valence-corrected chi connectivity index (χ1v) is 14.5. The number of carbonyl (C=O) groups excluding carboxylic acids is 1. The zero-order valence-corrected chi connectivity index (χ0v) is 25.0. The quantitative estimate of drug-likeness (QED) is 0.110. The summed E-state index contributed by atoms with van der Waals surface area (Å²) in [4.78, 5) is 18.2. The average molecular weight is 651 g/mol. The van der Waals surface area contributed by atoms with Crippen molar-refractivity contribution >= 4 is 29.3 Å². The van der Waals surface area contributed by atoms with E-state index in [0.717, 1.165) is 5.56 Å². The molecule has 5 rings (SSSR count). The molecule has 1 saturated carbocycles. The second-order valence-electron chi connectivity index (χ2n) is 11.1. The van der Waals surface area contributed by atoms with Crippen LogP contribution in [0.25, 0.3) is 6.08 Å². The molecule has 3 fully saturated rings. The summed E-state index contributed by atoms with van der Waals surface area (Å²) >= 11 is 5.97. The Kier molecular flexibility index (Phi) is 10.3. The van der Waals surface area contributed by atoms with Gasteiger partial charge in [0.05, 0.1) is 11.8 Å². The van der Waals surface area contributed by atoms with Gasteiger partial charge in [0.25, 0.3) is 0 Å². The Balaban J connectivity index is 1.18. The van der Waals surface area contributed by atoms with Gasteiger partial charge in [0, 0.05) is 10.6 Å². The van der Waals surface area contributed by atoms with Gasteiger partial charge >= 0.3 is 0 Å². The van der Waals surface area contributed by atoms with E-state index >= 15 is 0 Å². The lowest BCUT2D eigenvalue weighted by Gasteiger charge is -2.41. The molecule has 15 heteroatoms. The number of phenolic OH excluding ortho intramolecular Hbond substituents is 1. The Morgan fingerprint density at radius 1 is 1.00 bits per heavy atom. The summed E-state index contributed by atoms with van der Waals surface area (Å²) < 4.78 is 21.8. The molecule has 45 heavy (non-hydrogen) atoms. The highest BCUT2D eigenvalue weighted by Crippen LogP contribution is 2.33. The van der Waals surface area contributed by atoms with Crippen molar-refractivity contribution in [2.24, 2.45) is 5.16 Å². The molecule has 3 aliphatic rings. The van der Waals surface area contributed by atoms with Crippen LogP contribution in [0.2, 0.25) is 5.02 Å². The molecule has 10 atom stereocenters. The van der Waals surface area contributed by atoms with Gasteiger partial charge in [-0.15, -0.1) is 0 Å². The van der Waals surface area contributed by atoms with E-state index < -0.39 is 67.1 Å². The molecule has 2 aromatic rings. The van der Waals surface area contributed by atoms with Crippen LogP contribution in [-0.2, 0) is 30.4 Å². The highest BCUT2D eigenvalue weighted by molar-refractivity contribution is 6.30. The summed E-state index contributed by atoms with van der Waals surface area (Å²) in [5, 5.41) is 70.0. The largest absolute Gasteiger partial charge is 0.504 e. The lowest BCUT2D eigenvalue weighted by molar-refractivity contribution is -0.155. The van der Waals surface area contributed by atoms with Crippen molar-refractivity contribution < 1.29 is 59.2 Å². The standard InChI is InChI=1S/C30H35ClN2O12/c1-13(29(40)32-20-21(35)23(37)28-27(22(20)36)41-12-42-28)8-15-6-7-19(18(34)10-15)44-30-25(39)24(38)26(45-30)14(2)33-43-11-16-4-3-5-17(31)9-16/h3-10,20-28,30,34-39H,11-12H2,1-2H3,(H,32,40)/b13-8?,33-14+. The van der Waals surface area contributed by atoms with Gasteiger partial charge in [-0.2, -0.15) is 0 Å². The van der Waals surface area contributed by atoms with Crippen LogP contribution in [0, 0.1) is 0 Å². The number of benzene rings is 2. The van der Waals surface area contributed by atoms with Crippen LogP contribution < -0.4 is 10.1 Å². The number of fused-ring (bicyclic) bond motifs is 1. The molecule has 244 valence electrons. The maximum Gasteiger partial charge on any atom is 0.247 e. The minimum absolute atomic E-state index is 0.0614. The Morgan fingerprint density at radius 2 is 1.73 bits per heavy atom. The molecule has 7 N–H and O–H groups in total. The lowest BCUT2D eigenvalue weighted by atomic mass is 9.83. The Bertz CT molecular complexity index is 1440. The van der Waals surface area contributed by atoms with E-state index in [9.17, 15) is 35.4 Å². The molecular weight excluding hydrogens is 616 g/mol. The number of phenols is 1. The van der Waals surface area contributed by atoms with E-state index in [2.05, 4.69) is 10.5 Å². The molecule has 0 radical (unpaired) electrons. The average Bonchev–Trinajstić information content (AvgIpc) is 3.61. The fourth-order valence-electron chi connectivity index (χ4n) is 5.36. The molecule has 0 aromatic heterocycles. The number of halogens is 1. The second kappa shape index (κ2) is 14.0. The Morgan fingerprint density at radius 3 is 2.44 bits per heavy atom. The molecule has 1 aliphatic carbocycles. The number of amides is 1. The normalized spacial score (nSPS) is 33.5. The first-order valence-electron chi connectivity index (χ1n) is 14.1. The van der Waals surface area contributed by atoms with Gasteiger partial charge in [-0.05, 0) is 55.3 Å². The third-order valence-corrected chi connectivity index (χ3v) is 8.06. The van der Waals surface area contributed by atoms with Crippen molar-refractivity contribution in [1.82, 2.24) is 5.32 Å². The van der Waals surface area contributed by atoms with Crippen molar-refractivity contribution in [3.63, 3.8) is 0 Å². The van der Waals surface area contributed by atoms with Crippen molar-refractivity contribution in [1.29, 1.82) is 0 Å². The van der Waals surface area contributed by atoms with Gasteiger partial charge < -0.3 is 59.7 Å². The molecule has 1 amide bonds. The van der Waals surface area contributed by atoms with Gasteiger partial charge in [0.2, 0.25) is 12.2 Å². The molecule has 2 aromatic carbocycles. The van der Waals surface area contributed by atoms with Crippen molar-refractivity contribution in [3.05, 3.63) is 64.2 Å². The molecule has 0 spiro atoms. The van der Waals surface area contributed by atoms with Crippen molar-refractivity contribution in [3.8, 4) is 11.5 Å². The fraction of sp³-hybridized carbons (Fsp3) is 0.467. The predicted octanol–water partition coefficient (Wildman–Crippen LogP) is 0.190. The summed E-state index contributed by atoms with van der Waals surface area (Å²) in [6.45, 7) is 3.02. The number of nitrogens with one attached hydrogen (secondary N) is 1. The molecule has 0 bridgehead atoms. The molecular formula is C30H35ClN2O12. The SMILES string of the molecule is CC(=Cc1ccc(OC2OC(/C(C)=N/OCc3cccc(Cl)c3)C(O)C2O)c(O)c1)C(=O)NC1C(O)C(O)C2OCOC2C1O. The van der Waals surface area contributed by atoms with E-state index in [0.29, 0.717) is 10.6 Å². The predicted molar refractivity (Wildman–Crippen MR) is 157 cm³/mol. The van der Waals surface area contributed by atoms with Crippen LogP contribution in [0.5, 0.6) is 11.5 Å². The maximum atomic E-state index is 12.9. The number of hydrogen-bond acceptors (Lipinski definition) is 13. The topological polar surface area (TPSA) is 209 Å². The van der Waals surface area contributed by atoms with E-state index in [4.69, 9.17) is 35.4 Å². The van der Waals surface area contributed by atoms with Crippen LogP contribution in [0.4, 0.5) is 0 Å². The van der Waals surface area contributed by atoms with Crippen LogP contribution >= 0.6 is 11.6 Å². The molecule has 10 unspecified atom stereocenters. The number of nitrogens with zero attached hydrogens (tertiary/aromatic N) is 1. The van der Waals surface area contributed by atoms with Crippen LogP contribution in [0.15, 0.2) is 53.2 Å². The highest BCUT2D eigenvalue weighted by Gasteiger charge is 2.53. The van der Waals surface area contributed by atoms with Crippen molar-refractivity contribution in [2.75, 3.05) is 6.79 Å². The van der Waals surface area contributed by atoms with Gasteiger partial charge in [0.1, 0.15) is 62.2 Å². The van der Waals surface area contributed by atoms with Crippen LogP contribution in [0.1, 0.15) is 25.0 Å². The van der Waals surface area contributed by atoms with Gasteiger partial charge in [0.15, 0.2) is 11.5 Å². The summed E-state index contributed by atoms with van der Waals surface area (Å²) in [7, 11) is 0. The number of hydrogen-bond donors (Lipinski definition) is 7. The summed E-state index contributed by atoms with van der Waals surface area (Å²) in [6.07, 6.45) is -9.83. The number of aliphatic hydroxyl groups is 5. The summed E-state index contributed by atoms with van der Waals surface area (Å²) in [5.74, 6) is -1.04. The number of oxime groups is 1. The maximum absolute atomic E-state index is 12.9. The minimum atomic E-state index is -1.50. The monoisotopic (exact) mass is 650 g/mol. The lowest BCUT2D eigenvalue weighted by Crippen LogP contribution is -2.67. The second-order valence-corrected chi connectivity index (χ2v) is 11.5. The number of aromatic hydroxyl groups is 1. The number of ether oxygens (including phenoxy) is 4. The summed E-state index contributed by atoms with van der Waals surface area (Å²) in [6, 6.07) is 10.0. The number of rotatable bonds is 9. The molecule has 2 saturated heterocycles. The molecule has 14 nitrogen and oxygen atoms in total. The molecule has 2 aliphatic heterocycles. The van der Waals surface area contributed by atoms with Gasteiger partial charge in [-0.3, -0.25) is 4.79 Å². The minimum Gasteiger partial charge on any atom is -0.504 e. The molecule has 2 heterocycles. The smallest absolute Gasteiger partial charge is 0.247 e. The van der Waals surface area contributed by atoms with Gasteiger partial charge in [-0.1, -0.05) is 35.0 Å². The fourth-order valence-corrected chi connectivity index (χ4v) is 5.57. The number of aliphatic hydroxyl groups excluding tert-OH is 5. The first kappa shape index (κ1) is 33.1. The third-order valence-electron chi connectivity index (χ3n) is 7.83. The van der Waals surface area contributed by atoms with E-state index in [1.165, 1.54) is 31.2 Å². The van der Waals surface area contributed by atoms with E-state index in [1.807, 2.05) is 6.07 Å². The zero-order valence-electron chi connectivity index (χ0n) is 24.3. The van der Waals surface area contributed by atoms with Gasteiger partial charge in [-0.25, -0.2) is 0 Å². The Hall–Kier alpha value is -3.31. The zero-order chi connectivity index (χ0) is 32.4. The van der Waals surface area contributed by atoms with Crippen LogP contribution in [-0.4, -0.2) is 110 Å². The highest BCUT2D eigenvalue weighted by atomic mass is 35.5. The van der Waals surface area contributed by atoms with E-state index in [1.54, 1.807) is 25.1 Å². The van der Waals surface area contributed by atoms with Crippen LogP contribution in [0.3, 0.4) is 0 Å².